The number of hydrogen-bond acceptors (Lipinski definition) is 2. The quantitative estimate of drug-likeness (QED) is 0.718. The number of carbonyl (C=O) groups excluding carboxylic acids is 1. The minimum atomic E-state index is -1.41. The molecule has 8 heteroatoms. The molecule has 0 aromatic rings. The Labute approximate surface area is 169 Å². The predicted octanol–water partition coefficient (Wildman–Crippen LogP) is 0.945. The van der Waals surface area contributed by atoms with Crippen LogP contribution in [-0.2, 0) is 4.79 Å². The molecule has 11 radical (unpaired) electrons. The van der Waals surface area contributed by atoms with Gasteiger partial charge in [0.2, 0.25) is 0 Å². The van der Waals surface area contributed by atoms with E-state index in [4.69, 9.17) is 39.2 Å². The Morgan fingerprint density at radius 3 is 2.52 bits per heavy atom. The van der Waals surface area contributed by atoms with Crippen LogP contribution in [0.15, 0.2) is 11.6 Å². The van der Waals surface area contributed by atoms with Gasteiger partial charge in [-0.3, -0.25) is 4.79 Å². The predicted molar refractivity (Wildman–Crippen MR) is 110 cm³/mol. The number of ketones is 1. The maximum Gasteiger partial charge on any atom is 0.155 e. The van der Waals surface area contributed by atoms with Crippen molar-refractivity contribution in [1.82, 2.24) is 0 Å². The molecule has 4 aliphatic carbocycles. The molecule has 5 rings (SSSR count). The van der Waals surface area contributed by atoms with Crippen LogP contribution >= 0.6 is 0 Å². The summed E-state index contributed by atoms with van der Waals surface area (Å²) >= 11 is 0. The molecule has 1 N–H and O–H groups in total. The molecule has 0 amide bonds. The average Bonchev–Trinajstić information content (AvgIpc) is 2.91. The van der Waals surface area contributed by atoms with Crippen molar-refractivity contribution in [3.05, 3.63) is 11.6 Å². The highest BCUT2D eigenvalue weighted by molar-refractivity contribution is 6.73. The van der Waals surface area contributed by atoms with Gasteiger partial charge in [0.05, 0.1) is 45.3 Å². The van der Waals surface area contributed by atoms with E-state index in [2.05, 4.69) is 0 Å². The van der Waals surface area contributed by atoms with E-state index in [0.717, 1.165) is 31.3 Å². The SMILES string of the molecule is [B]C([B])([B])C12CC[C@H]3[C@@H](CCC4=CC(=O)CC5[B]C([B])([B])C453)[C@@H]1CC[C@@H]2O. The molecule has 1 spiro atoms. The van der Waals surface area contributed by atoms with Gasteiger partial charge in [-0.1, -0.05) is 11.4 Å². The van der Waals surface area contributed by atoms with E-state index in [1.54, 1.807) is 0 Å². The fourth-order valence-corrected chi connectivity index (χ4v) is 8.32. The third-order valence-corrected chi connectivity index (χ3v) is 9.11. The lowest BCUT2D eigenvalue weighted by Crippen LogP contribution is -2.68. The molecule has 0 aromatic carbocycles. The largest absolute Gasteiger partial charge is 0.393 e. The molecular weight excluding hydrogens is 325 g/mol. The topological polar surface area (TPSA) is 37.3 Å². The summed E-state index contributed by atoms with van der Waals surface area (Å²) in [6.07, 6.45) is 6.57. The lowest BCUT2D eigenvalue weighted by atomic mass is 9.05. The van der Waals surface area contributed by atoms with E-state index in [1.807, 2.05) is 13.4 Å². The molecule has 0 aromatic heterocycles. The van der Waals surface area contributed by atoms with Gasteiger partial charge in [0.25, 0.3) is 0 Å². The van der Waals surface area contributed by atoms with Crippen molar-refractivity contribution in [2.45, 2.75) is 67.1 Å². The number of aliphatic hydroxyl groups is 1. The first kappa shape index (κ1) is 18.8. The molecule has 4 fully saturated rings. The van der Waals surface area contributed by atoms with Gasteiger partial charge >= 0.3 is 0 Å². The maximum absolute atomic E-state index is 12.2. The summed E-state index contributed by atoms with van der Waals surface area (Å²) in [5.41, 5.74) is 0.137. The highest BCUT2D eigenvalue weighted by Crippen LogP contribution is 2.78. The summed E-state index contributed by atoms with van der Waals surface area (Å²) < 4.78 is 0. The lowest BCUT2D eigenvalue weighted by molar-refractivity contribution is -0.120. The van der Waals surface area contributed by atoms with Crippen LogP contribution in [0.1, 0.15) is 44.9 Å². The Kier molecular flexibility index (Phi) is 3.80. The van der Waals surface area contributed by atoms with Crippen molar-refractivity contribution in [3.63, 3.8) is 0 Å². The van der Waals surface area contributed by atoms with Crippen molar-refractivity contribution < 1.29 is 9.90 Å². The molecule has 1 aliphatic heterocycles. The van der Waals surface area contributed by atoms with E-state index < -0.39 is 21.7 Å². The number of hydrogen-bond donors (Lipinski definition) is 1. The molecule has 0 bridgehead atoms. The van der Waals surface area contributed by atoms with Gasteiger partial charge < -0.3 is 5.11 Å². The third kappa shape index (κ3) is 2.02. The van der Waals surface area contributed by atoms with Gasteiger partial charge in [0, 0.05) is 6.42 Å². The van der Waals surface area contributed by atoms with Crippen LogP contribution in [0.4, 0.5) is 0 Å². The summed E-state index contributed by atoms with van der Waals surface area (Å²) in [6.45, 7) is 0. The second-order valence-electron chi connectivity index (χ2n) is 9.94. The molecule has 27 heavy (non-hydrogen) atoms. The molecule has 1 heterocycles. The van der Waals surface area contributed by atoms with Crippen LogP contribution in [0, 0.1) is 28.6 Å². The standard InChI is InChI=1S/C19H21B6O2/c20-18(21,22)16-6-5-13-11(12(16)3-4-15(16)27)2-1-9-7-10(26)8-14-17(9,13)19(23,24)25-14/h7,11-15,27H,1-6,8H2/t11-,12-,13-,14?,15-,16?,17?/m0/s1. The average molecular weight is 346 g/mol. The number of rotatable bonds is 1. The summed E-state index contributed by atoms with van der Waals surface area (Å²) in [5.74, 6) is 1.06. The fourth-order valence-electron chi connectivity index (χ4n) is 8.32. The first-order valence-corrected chi connectivity index (χ1v) is 10.3. The van der Waals surface area contributed by atoms with Crippen LogP contribution in [0.5, 0.6) is 0 Å². The molecule has 5 aliphatic rings. The van der Waals surface area contributed by atoms with E-state index in [0.29, 0.717) is 25.2 Å². The van der Waals surface area contributed by atoms with Gasteiger partial charge in [-0.25, -0.2) is 0 Å². The number of fused-ring (bicyclic) bond motifs is 3. The number of carbonyl (C=O) groups is 1. The van der Waals surface area contributed by atoms with Gasteiger partial charge in [-0.05, 0) is 73.2 Å². The van der Waals surface area contributed by atoms with E-state index in [1.165, 1.54) is 0 Å². The van der Waals surface area contributed by atoms with Crippen molar-refractivity contribution in [2.24, 2.45) is 28.6 Å². The smallest absolute Gasteiger partial charge is 0.155 e. The number of allylic oxidation sites excluding steroid dienone is 1. The summed E-state index contributed by atoms with van der Waals surface area (Å²) in [7, 11) is 34.0. The monoisotopic (exact) mass is 347 g/mol. The summed E-state index contributed by atoms with van der Waals surface area (Å²) in [5, 5.41) is 8.54. The second-order valence-corrected chi connectivity index (χ2v) is 9.94. The normalized spacial score (nSPS) is 50.2. The highest BCUT2D eigenvalue weighted by Gasteiger charge is 2.71. The Hall–Kier alpha value is -0.240. The van der Waals surface area contributed by atoms with E-state index in [9.17, 15) is 9.90 Å². The van der Waals surface area contributed by atoms with Crippen LogP contribution in [0.2, 0.25) is 16.0 Å². The zero-order valence-electron chi connectivity index (χ0n) is 15.7. The Balaban J connectivity index is 1.60. The Morgan fingerprint density at radius 2 is 1.85 bits per heavy atom. The van der Waals surface area contributed by atoms with Crippen molar-refractivity contribution in [1.29, 1.82) is 0 Å². The first-order valence-electron chi connectivity index (χ1n) is 10.3. The van der Waals surface area contributed by atoms with Gasteiger partial charge in [0.15, 0.2) is 5.78 Å². The van der Waals surface area contributed by atoms with Crippen LogP contribution in [-0.4, -0.2) is 63.5 Å². The Morgan fingerprint density at radius 1 is 1.11 bits per heavy atom. The van der Waals surface area contributed by atoms with Crippen LogP contribution in [0.3, 0.4) is 0 Å². The minimum absolute atomic E-state index is 0.116. The van der Waals surface area contributed by atoms with Gasteiger partial charge in [0.1, 0.15) is 7.28 Å². The lowest BCUT2D eigenvalue weighted by Gasteiger charge is -2.74. The summed E-state index contributed by atoms with van der Waals surface area (Å²) in [4.78, 5) is 12.2. The number of aliphatic hydroxyl groups excluding tert-OH is 1. The van der Waals surface area contributed by atoms with Gasteiger partial charge in [-0.15, -0.1) is 10.2 Å². The molecular formula is C19H21B6O2. The van der Waals surface area contributed by atoms with E-state index in [-0.39, 0.29) is 28.9 Å². The van der Waals surface area contributed by atoms with Crippen LogP contribution in [0.25, 0.3) is 0 Å². The van der Waals surface area contributed by atoms with Crippen molar-refractivity contribution >= 4 is 52.3 Å². The van der Waals surface area contributed by atoms with Crippen LogP contribution < -0.4 is 0 Å². The molecule has 2 nitrogen and oxygen atoms in total. The summed E-state index contributed by atoms with van der Waals surface area (Å²) in [6, 6.07) is 0. The molecule has 3 saturated carbocycles. The van der Waals surface area contributed by atoms with Crippen molar-refractivity contribution in [2.75, 3.05) is 0 Å². The third-order valence-electron chi connectivity index (χ3n) is 9.11. The highest BCUT2D eigenvalue weighted by atomic mass is 16.3. The molecule has 127 valence electrons. The molecule has 7 atom stereocenters. The minimum Gasteiger partial charge on any atom is -0.393 e. The second kappa shape index (κ2) is 5.46. The van der Waals surface area contributed by atoms with E-state index >= 15 is 0 Å². The molecule has 3 unspecified atom stereocenters. The maximum atomic E-state index is 12.2. The van der Waals surface area contributed by atoms with Gasteiger partial charge in [-0.2, -0.15) is 0 Å². The zero-order chi connectivity index (χ0) is 19.4. The molecule has 1 saturated heterocycles. The first-order chi connectivity index (χ1) is 12.6. The Bertz CT molecular complexity index is 730. The zero-order valence-corrected chi connectivity index (χ0v) is 15.7. The van der Waals surface area contributed by atoms with Crippen molar-refractivity contribution in [3.8, 4) is 0 Å². The fraction of sp³-hybridized carbons (Fsp3) is 0.842.